The Bertz CT molecular complexity index is 1140. The molecule has 1 amide bonds. The number of carbonyl (C=O) groups is 1. The van der Waals surface area contributed by atoms with E-state index in [9.17, 15) is 14.9 Å². The maximum Gasteiger partial charge on any atom is 0.286 e. The molecule has 31 heavy (non-hydrogen) atoms. The fraction of sp³-hybridized carbons (Fsp3) is 0.333. The lowest BCUT2D eigenvalue weighted by Crippen LogP contribution is -2.16. The van der Waals surface area contributed by atoms with Crippen molar-refractivity contribution in [1.82, 2.24) is 4.98 Å². The van der Waals surface area contributed by atoms with E-state index in [0.717, 1.165) is 28.4 Å². The standard InChI is InChI=1S/C21H22N4O5S/c1-3-30-18-11-14(16(25(27)28)12-17(18)29-2)20(26)22-13-6-7-15-19(10-13)31-21(23-15)24-8-4-5-9-24/h6-7,10-12H,3-5,8-9H2,1-2H3,(H,22,26). The number of nitro groups is 1. The molecule has 3 aromatic rings. The van der Waals surface area contributed by atoms with Crippen molar-refractivity contribution in [2.75, 3.05) is 37.0 Å². The number of nitro benzene ring substituents is 1. The molecule has 10 heteroatoms. The third kappa shape index (κ3) is 4.24. The van der Waals surface area contributed by atoms with Gasteiger partial charge in [-0.25, -0.2) is 4.98 Å². The van der Waals surface area contributed by atoms with E-state index in [2.05, 4.69) is 15.2 Å². The second-order valence-electron chi connectivity index (χ2n) is 7.04. The smallest absolute Gasteiger partial charge is 0.286 e. The molecule has 162 valence electrons. The van der Waals surface area contributed by atoms with E-state index in [-0.39, 0.29) is 22.7 Å². The summed E-state index contributed by atoms with van der Waals surface area (Å²) in [5.41, 5.74) is 0.945. The summed E-state index contributed by atoms with van der Waals surface area (Å²) in [6.07, 6.45) is 2.34. The van der Waals surface area contributed by atoms with Gasteiger partial charge in [-0.05, 0) is 38.0 Å². The van der Waals surface area contributed by atoms with Gasteiger partial charge in [0.15, 0.2) is 16.6 Å². The highest BCUT2D eigenvalue weighted by molar-refractivity contribution is 7.22. The third-order valence-corrected chi connectivity index (χ3v) is 6.11. The number of methoxy groups -OCH3 is 1. The van der Waals surface area contributed by atoms with Gasteiger partial charge in [-0.15, -0.1) is 0 Å². The Morgan fingerprint density at radius 3 is 2.71 bits per heavy atom. The Kier molecular flexibility index (Phi) is 5.90. The summed E-state index contributed by atoms with van der Waals surface area (Å²) in [5, 5.41) is 15.3. The molecule has 0 bridgehead atoms. The number of anilines is 2. The van der Waals surface area contributed by atoms with Gasteiger partial charge in [0.1, 0.15) is 5.56 Å². The van der Waals surface area contributed by atoms with Crippen molar-refractivity contribution in [3.63, 3.8) is 0 Å². The minimum Gasteiger partial charge on any atom is -0.493 e. The van der Waals surface area contributed by atoms with Gasteiger partial charge in [-0.2, -0.15) is 0 Å². The summed E-state index contributed by atoms with van der Waals surface area (Å²) in [4.78, 5) is 30.8. The monoisotopic (exact) mass is 442 g/mol. The predicted octanol–water partition coefficient (Wildman–Crippen LogP) is 4.46. The van der Waals surface area contributed by atoms with Crippen LogP contribution >= 0.6 is 11.3 Å². The zero-order valence-electron chi connectivity index (χ0n) is 17.2. The van der Waals surface area contributed by atoms with Gasteiger partial charge in [0.2, 0.25) is 0 Å². The highest BCUT2D eigenvalue weighted by Gasteiger charge is 2.25. The number of hydrogen-bond donors (Lipinski definition) is 1. The van der Waals surface area contributed by atoms with Crippen molar-refractivity contribution in [1.29, 1.82) is 0 Å². The van der Waals surface area contributed by atoms with Crippen molar-refractivity contribution in [2.24, 2.45) is 0 Å². The molecule has 1 aliphatic heterocycles. The van der Waals surface area contributed by atoms with Crippen LogP contribution in [0.1, 0.15) is 30.1 Å². The number of hydrogen-bond acceptors (Lipinski definition) is 8. The van der Waals surface area contributed by atoms with E-state index < -0.39 is 10.8 Å². The Hall–Kier alpha value is -3.40. The first-order chi connectivity index (χ1) is 15.0. The van der Waals surface area contributed by atoms with Crippen molar-refractivity contribution < 1.29 is 19.2 Å². The van der Waals surface area contributed by atoms with Gasteiger partial charge in [-0.1, -0.05) is 11.3 Å². The third-order valence-electron chi connectivity index (χ3n) is 5.03. The summed E-state index contributed by atoms with van der Waals surface area (Å²) in [6.45, 7) is 4.12. The fourth-order valence-corrected chi connectivity index (χ4v) is 4.60. The number of aromatic nitrogens is 1. The molecule has 1 aliphatic rings. The Morgan fingerprint density at radius 2 is 2.03 bits per heavy atom. The number of carbonyl (C=O) groups excluding carboxylic acids is 1. The number of amides is 1. The number of ether oxygens (including phenoxy) is 2. The number of rotatable bonds is 7. The highest BCUT2D eigenvalue weighted by Crippen LogP contribution is 2.36. The quantitative estimate of drug-likeness (QED) is 0.425. The molecule has 0 unspecified atom stereocenters. The van der Waals surface area contributed by atoms with E-state index in [0.29, 0.717) is 12.3 Å². The van der Waals surface area contributed by atoms with Crippen molar-refractivity contribution in [3.05, 3.63) is 46.0 Å². The molecule has 1 fully saturated rings. The number of thiazole rings is 1. The molecule has 9 nitrogen and oxygen atoms in total. The average molecular weight is 442 g/mol. The minimum atomic E-state index is -0.609. The SMILES string of the molecule is CCOc1cc(C(=O)Nc2ccc3nc(N4CCCC4)sc3c2)c([N+](=O)[O-])cc1OC. The summed E-state index contributed by atoms with van der Waals surface area (Å²) in [5.74, 6) is -0.126. The van der Waals surface area contributed by atoms with E-state index in [4.69, 9.17) is 9.47 Å². The number of nitrogens with one attached hydrogen (secondary N) is 1. The molecule has 0 aliphatic carbocycles. The molecular formula is C21H22N4O5S. The number of fused-ring (bicyclic) bond motifs is 1. The van der Waals surface area contributed by atoms with Crippen LogP contribution in [-0.2, 0) is 0 Å². The van der Waals surface area contributed by atoms with Crippen molar-refractivity contribution in [2.45, 2.75) is 19.8 Å². The van der Waals surface area contributed by atoms with E-state index in [1.165, 1.54) is 32.1 Å². The Morgan fingerprint density at radius 1 is 1.26 bits per heavy atom. The summed E-state index contributed by atoms with van der Waals surface area (Å²) < 4.78 is 11.6. The lowest BCUT2D eigenvalue weighted by atomic mass is 10.1. The Balaban J connectivity index is 1.63. The molecule has 0 spiro atoms. The lowest BCUT2D eigenvalue weighted by Gasteiger charge is -2.12. The van der Waals surface area contributed by atoms with Crippen LogP contribution in [-0.4, -0.2) is 42.6 Å². The van der Waals surface area contributed by atoms with Gasteiger partial charge < -0.3 is 19.7 Å². The van der Waals surface area contributed by atoms with E-state index in [1.54, 1.807) is 24.3 Å². The zero-order valence-corrected chi connectivity index (χ0v) is 18.0. The lowest BCUT2D eigenvalue weighted by molar-refractivity contribution is -0.385. The average Bonchev–Trinajstić information content (AvgIpc) is 3.42. The van der Waals surface area contributed by atoms with Gasteiger partial charge in [0.05, 0.1) is 34.9 Å². The highest BCUT2D eigenvalue weighted by atomic mass is 32.1. The molecule has 4 rings (SSSR count). The minimum absolute atomic E-state index is 0.101. The molecule has 0 radical (unpaired) electrons. The second-order valence-corrected chi connectivity index (χ2v) is 8.05. The van der Waals surface area contributed by atoms with Gasteiger partial charge in [0, 0.05) is 24.8 Å². The molecule has 0 atom stereocenters. The molecular weight excluding hydrogens is 420 g/mol. The van der Waals surface area contributed by atoms with Crippen molar-refractivity contribution >= 4 is 44.0 Å². The normalized spacial score (nSPS) is 13.4. The first-order valence-electron chi connectivity index (χ1n) is 9.96. The first kappa shape index (κ1) is 20.9. The van der Waals surface area contributed by atoms with Crippen LogP contribution in [0.25, 0.3) is 10.2 Å². The topological polar surface area (TPSA) is 107 Å². The number of nitrogens with zero attached hydrogens (tertiary/aromatic N) is 3. The first-order valence-corrected chi connectivity index (χ1v) is 10.8. The zero-order chi connectivity index (χ0) is 22.0. The van der Waals surface area contributed by atoms with Crippen molar-refractivity contribution in [3.8, 4) is 11.5 Å². The number of benzene rings is 2. The maximum absolute atomic E-state index is 12.9. The van der Waals surface area contributed by atoms with Crippen LogP contribution in [0.4, 0.5) is 16.5 Å². The van der Waals surface area contributed by atoms with Crippen LogP contribution in [0.2, 0.25) is 0 Å². The molecule has 0 saturated carbocycles. The maximum atomic E-state index is 12.9. The fourth-order valence-electron chi connectivity index (χ4n) is 3.54. The van der Waals surface area contributed by atoms with E-state index >= 15 is 0 Å². The van der Waals surface area contributed by atoms with Crippen LogP contribution in [0.5, 0.6) is 11.5 Å². The van der Waals surface area contributed by atoms with Gasteiger partial charge >= 0.3 is 0 Å². The van der Waals surface area contributed by atoms with Gasteiger partial charge in [0.25, 0.3) is 11.6 Å². The van der Waals surface area contributed by atoms with Crippen LogP contribution < -0.4 is 19.7 Å². The molecule has 1 saturated heterocycles. The molecule has 1 N–H and O–H groups in total. The van der Waals surface area contributed by atoms with Gasteiger partial charge in [-0.3, -0.25) is 14.9 Å². The summed E-state index contributed by atoms with van der Waals surface area (Å²) in [6, 6.07) is 7.96. The van der Waals surface area contributed by atoms with Crippen LogP contribution in [0.3, 0.4) is 0 Å². The van der Waals surface area contributed by atoms with Crippen LogP contribution in [0, 0.1) is 10.1 Å². The molecule has 2 heterocycles. The summed E-state index contributed by atoms with van der Waals surface area (Å²) in [7, 11) is 1.39. The predicted molar refractivity (Wildman–Crippen MR) is 120 cm³/mol. The molecule has 2 aromatic carbocycles. The second kappa shape index (κ2) is 8.76. The molecule has 1 aromatic heterocycles. The largest absolute Gasteiger partial charge is 0.493 e. The van der Waals surface area contributed by atoms with Crippen LogP contribution in [0.15, 0.2) is 30.3 Å². The van der Waals surface area contributed by atoms with E-state index in [1.807, 2.05) is 12.1 Å². The summed E-state index contributed by atoms with van der Waals surface area (Å²) >= 11 is 1.57. The Labute approximate surface area is 182 Å².